The summed E-state index contributed by atoms with van der Waals surface area (Å²) in [4.78, 5) is 14.7. The smallest absolute Gasteiger partial charge is 0.234 e. The number of rotatable bonds is 7. The van der Waals surface area contributed by atoms with E-state index in [2.05, 4.69) is 51.6 Å². The molecule has 0 atom stereocenters. The zero-order valence-corrected chi connectivity index (χ0v) is 18.7. The molecule has 1 aromatic heterocycles. The Morgan fingerprint density at radius 1 is 0.935 bits per heavy atom. The average Bonchev–Trinajstić information content (AvgIpc) is 2.84. The van der Waals surface area contributed by atoms with E-state index in [1.54, 1.807) is 0 Å². The molecule has 0 saturated carbocycles. The summed E-state index contributed by atoms with van der Waals surface area (Å²) in [5.41, 5.74) is 5.24. The molecule has 3 aromatic rings. The summed E-state index contributed by atoms with van der Waals surface area (Å²) in [6.07, 6.45) is 4.87. The predicted octanol–water partition coefficient (Wildman–Crippen LogP) is 5.43. The molecule has 0 spiro atoms. The molecule has 5 nitrogen and oxygen atoms in total. The number of hydrogen-bond donors (Lipinski definition) is 1. The summed E-state index contributed by atoms with van der Waals surface area (Å²) in [6, 6.07) is 20.4. The fourth-order valence-electron chi connectivity index (χ4n) is 3.71. The molecule has 0 radical (unpaired) electrons. The van der Waals surface area contributed by atoms with Crippen molar-refractivity contribution in [2.45, 2.75) is 37.6 Å². The van der Waals surface area contributed by atoms with Crippen molar-refractivity contribution in [2.24, 2.45) is 0 Å². The monoisotopic (exact) mass is 432 g/mol. The number of carbonyl (C=O) groups is 1. The zero-order chi connectivity index (χ0) is 21.5. The highest BCUT2D eigenvalue weighted by molar-refractivity contribution is 7.99. The number of carbonyl (C=O) groups excluding carboxylic acids is 1. The second kappa shape index (κ2) is 10.4. The van der Waals surface area contributed by atoms with Crippen molar-refractivity contribution in [1.29, 1.82) is 0 Å². The molecule has 1 saturated heterocycles. The first-order chi connectivity index (χ1) is 15.2. The average molecular weight is 433 g/mol. The van der Waals surface area contributed by atoms with E-state index in [0.717, 1.165) is 41.5 Å². The molecule has 1 aliphatic heterocycles. The number of nitrogens with zero attached hydrogens (tertiary/aromatic N) is 3. The van der Waals surface area contributed by atoms with Gasteiger partial charge in [-0.1, -0.05) is 43.0 Å². The zero-order valence-electron chi connectivity index (χ0n) is 17.9. The number of amides is 1. The lowest BCUT2D eigenvalue weighted by molar-refractivity contribution is -0.113. The first-order valence-corrected chi connectivity index (χ1v) is 11.9. The molecule has 160 valence electrons. The van der Waals surface area contributed by atoms with Crippen LogP contribution in [-0.4, -0.2) is 34.9 Å². The van der Waals surface area contributed by atoms with Crippen LogP contribution >= 0.6 is 11.8 Å². The van der Waals surface area contributed by atoms with Crippen LogP contribution in [0.15, 0.2) is 65.7 Å². The molecular weight excluding hydrogens is 404 g/mol. The summed E-state index contributed by atoms with van der Waals surface area (Å²) >= 11 is 1.39. The Morgan fingerprint density at radius 3 is 2.32 bits per heavy atom. The minimum absolute atomic E-state index is 0.0478. The highest BCUT2D eigenvalue weighted by Crippen LogP contribution is 2.25. The van der Waals surface area contributed by atoms with Crippen LogP contribution in [0.25, 0.3) is 11.3 Å². The molecule has 1 amide bonds. The molecule has 31 heavy (non-hydrogen) atoms. The molecule has 4 rings (SSSR count). The highest BCUT2D eigenvalue weighted by Gasteiger charge is 2.11. The Morgan fingerprint density at radius 2 is 1.68 bits per heavy atom. The summed E-state index contributed by atoms with van der Waals surface area (Å²) in [5, 5.41) is 12.3. The van der Waals surface area contributed by atoms with Gasteiger partial charge in [0, 0.05) is 30.0 Å². The summed E-state index contributed by atoms with van der Waals surface area (Å²) < 4.78 is 0. The minimum atomic E-state index is -0.0478. The first-order valence-electron chi connectivity index (χ1n) is 10.9. The summed E-state index contributed by atoms with van der Waals surface area (Å²) in [7, 11) is 0. The fraction of sp³-hybridized carbons (Fsp3) is 0.320. The number of thioether (sulfide) groups is 1. The van der Waals surface area contributed by atoms with E-state index in [1.807, 2.05) is 36.4 Å². The van der Waals surface area contributed by atoms with Crippen LogP contribution in [0.1, 0.15) is 31.7 Å². The van der Waals surface area contributed by atoms with Crippen molar-refractivity contribution >= 4 is 29.0 Å². The number of hydrogen-bond acceptors (Lipinski definition) is 5. The van der Waals surface area contributed by atoms with Gasteiger partial charge in [0.1, 0.15) is 5.03 Å². The van der Waals surface area contributed by atoms with Gasteiger partial charge >= 0.3 is 0 Å². The van der Waals surface area contributed by atoms with Gasteiger partial charge in [-0.05, 0) is 67.6 Å². The van der Waals surface area contributed by atoms with E-state index in [9.17, 15) is 4.79 Å². The third kappa shape index (κ3) is 5.85. The molecule has 2 heterocycles. The van der Waals surface area contributed by atoms with Gasteiger partial charge in [-0.2, -0.15) is 0 Å². The molecule has 1 N–H and O–H groups in total. The normalized spacial score (nSPS) is 13.8. The Hall–Kier alpha value is -2.86. The lowest BCUT2D eigenvalue weighted by Crippen LogP contribution is -2.29. The molecular formula is C25H28N4OS. The quantitative estimate of drug-likeness (QED) is 0.505. The SMILES string of the molecule is CCc1ccc(NC(=O)CSc2ccc(-c3ccc(N4CCCCC4)cc3)nn2)cc1. The van der Waals surface area contributed by atoms with Crippen molar-refractivity contribution in [1.82, 2.24) is 10.2 Å². The van der Waals surface area contributed by atoms with Crippen molar-refractivity contribution in [2.75, 3.05) is 29.1 Å². The second-order valence-electron chi connectivity index (χ2n) is 7.74. The van der Waals surface area contributed by atoms with Gasteiger partial charge in [-0.25, -0.2) is 0 Å². The summed E-state index contributed by atoms with van der Waals surface area (Å²) in [6.45, 7) is 4.40. The minimum Gasteiger partial charge on any atom is -0.372 e. The maximum absolute atomic E-state index is 12.2. The lowest BCUT2D eigenvalue weighted by Gasteiger charge is -2.28. The van der Waals surface area contributed by atoms with Crippen molar-refractivity contribution < 1.29 is 4.79 Å². The van der Waals surface area contributed by atoms with E-state index in [0.29, 0.717) is 5.75 Å². The topological polar surface area (TPSA) is 58.1 Å². The number of nitrogens with one attached hydrogen (secondary N) is 1. The first kappa shape index (κ1) is 21.4. The predicted molar refractivity (Wildman–Crippen MR) is 129 cm³/mol. The van der Waals surface area contributed by atoms with E-state index in [1.165, 1.54) is 42.3 Å². The fourth-order valence-corrected chi connectivity index (χ4v) is 4.32. The number of piperidine rings is 1. The van der Waals surface area contributed by atoms with E-state index < -0.39 is 0 Å². The third-order valence-electron chi connectivity index (χ3n) is 5.52. The molecule has 1 aliphatic rings. The Labute approximate surface area is 188 Å². The Balaban J connectivity index is 1.30. The van der Waals surface area contributed by atoms with Crippen LogP contribution in [0.4, 0.5) is 11.4 Å². The Bertz CT molecular complexity index is 982. The van der Waals surface area contributed by atoms with Crippen LogP contribution in [0.5, 0.6) is 0 Å². The van der Waals surface area contributed by atoms with Gasteiger partial charge in [0.05, 0.1) is 11.4 Å². The largest absolute Gasteiger partial charge is 0.372 e. The molecule has 2 aromatic carbocycles. The second-order valence-corrected chi connectivity index (χ2v) is 8.73. The molecule has 1 fully saturated rings. The number of benzene rings is 2. The number of aromatic nitrogens is 2. The Kier molecular flexibility index (Phi) is 7.20. The van der Waals surface area contributed by atoms with Crippen LogP contribution in [-0.2, 0) is 11.2 Å². The number of anilines is 2. The lowest BCUT2D eigenvalue weighted by atomic mass is 10.1. The van der Waals surface area contributed by atoms with Gasteiger partial charge in [0.2, 0.25) is 5.91 Å². The van der Waals surface area contributed by atoms with Gasteiger partial charge in [0.25, 0.3) is 0 Å². The van der Waals surface area contributed by atoms with Crippen molar-refractivity contribution in [3.8, 4) is 11.3 Å². The van der Waals surface area contributed by atoms with Crippen molar-refractivity contribution in [3.63, 3.8) is 0 Å². The standard InChI is InChI=1S/C25H28N4OS/c1-2-19-6-10-21(11-7-19)26-24(30)18-31-25-15-14-23(27-28-25)20-8-12-22(13-9-20)29-16-4-3-5-17-29/h6-15H,2-5,16-18H2,1H3,(H,26,30). The van der Waals surface area contributed by atoms with Crippen LogP contribution in [0.2, 0.25) is 0 Å². The van der Waals surface area contributed by atoms with E-state index in [-0.39, 0.29) is 5.91 Å². The summed E-state index contributed by atoms with van der Waals surface area (Å²) in [5.74, 6) is 0.252. The van der Waals surface area contributed by atoms with Crippen LogP contribution in [0.3, 0.4) is 0 Å². The van der Waals surface area contributed by atoms with Crippen molar-refractivity contribution in [3.05, 3.63) is 66.2 Å². The molecule has 0 bridgehead atoms. The van der Waals surface area contributed by atoms with E-state index in [4.69, 9.17) is 0 Å². The molecule has 0 unspecified atom stereocenters. The van der Waals surface area contributed by atoms with E-state index >= 15 is 0 Å². The maximum Gasteiger partial charge on any atom is 0.234 e. The molecule has 6 heteroatoms. The van der Waals surface area contributed by atoms with Gasteiger partial charge in [0.15, 0.2) is 0 Å². The van der Waals surface area contributed by atoms with Crippen LogP contribution < -0.4 is 10.2 Å². The third-order valence-corrected chi connectivity index (χ3v) is 6.44. The maximum atomic E-state index is 12.2. The van der Waals surface area contributed by atoms with Gasteiger partial charge in [-0.15, -0.1) is 10.2 Å². The van der Waals surface area contributed by atoms with Gasteiger partial charge in [-0.3, -0.25) is 4.79 Å². The van der Waals surface area contributed by atoms with Gasteiger partial charge < -0.3 is 10.2 Å². The van der Waals surface area contributed by atoms with Crippen LogP contribution in [0, 0.1) is 0 Å². The number of aryl methyl sites for hydroxylation is 1. The molecule has 0 aliphatic carbocycles. The highest BCUT2D eigenvalue weighted by atomic mass is 32.2.